The van der Waals surface area contributed by atoms with E-state index >= 15 is 0 Å². The number of methoxy groups -OCH3 is 6. The van der Waals surface area contributed by atoms with E-state index in [4.69, 9.17) is 28.4 Å². The van der Waals surface area contributed by atoms with E-state index in [1.54, 1.807) is 33.3 Å². The van der Waals surface area contributed by atoms with Gasteiger partial charge in [-0.05, 0) is 43.0 Å². The zero-order valence-corrected chi connectivity index (χ0v) is 22.7. The van der Waals surface area contributed by atoms with Crippen molar-refractivity contribution in [3.63, 3.8) is 0 Å². The van der Waals surface area contributed by atoms with Gasteiger partial charge in [0.2, 0.25) is 0 Å². The number of benzene rings is 2. The molecular weight excluding hydrogens is 490 g/mol. The van der Waals surface area contributed by atoms with E-state index in [-0.39, 0.29) is 18.1 Å². The van der Waals surface area contributed by atoms with E-state index in [9.17, 15) is 9.59 Å². The van der Waals surface area contributed by atoms with Crippen LogP contribution in [0.3, 0.4) is 0 Å². The van der Waals surface area contributed by atoms with E-state index in [1.807, 2.05) is 18.2 Å². The zero-order valence-electron chi connectivity index (χ0n) is 22.7. The van der Waals surface area contributed by atoms with Crippen molar-refractivity contribution in [1.29, 1.82) is 0 Å². The van der Waals surface area contributed by atoms with Gasteiger partial charge in [0.25, 0.3) is 0 Å². The number of ether oxygens (including phenoxy) is 6. The number of ketones is 1. The van der Waals surface area contributed by atoms with E-state index in [0.29, 0.717) is 57.6 Å². The summed E-state index contributed by atoms with van der Waals surface area (Å²) in [7, 11) is 9.09. The first-order valence-corrected chi connectivity index (χ1v) is 12.2. The second-order valence-electron chi connectivity index (χ2n) is 9.07. The predicted molar refractivity (Wildman–Crippen MR) is 140 cm³/mol. The Morgan fingerprint density at radius 3 is 2.00 bits per heavy atom. The van der Waals surface area contributed by atoms with Crippen molar-refractivity contribution in [2.45, 2.75) is 31.6 Å². The molecule has 2 aromatic carbocycles. The van der Waals surface area contributed by atoms with Crippen LogP contribution in [0.2, 0.25) is 0 Å². The number of rotatable bonds is 8. The lowest BCUT2D eigenvalue weighted by Crippen LogP contribution is -2.36. The summed E-state index contributed by atoms with van der Waals surface area (Å²) in [4.78, 5) is 26.9. The summed E-state index contributed by atoms with van der Waals surface area (Å²) < 4.78 is 32.7. The molecule has 0 fully saturated rings. The number of dihydropyridines is 1. The highest BCUT2D eigenvalue weighted by molar-refractivity contribution is 6.04. The minimum atomic E-state index is -0.715. The highest BCUT2D eigenvalue weighted by Gasteiger charge is 2.43. The molecule has 0 radical (unpaired) electrons. The second kappa shape index (κ2) is 11.1. The Kier molecular flexibility index (Phi) is 7.85. The summed E-state index contributed by atoms with van der Waals surface area (Å²) in [5.41, 5.74) is 3.79. The maximum absolute atomic E-state index is 13.9. The molecule has 9 nitrogen and oxygen atoms in total. The molecular formula is C29H33NO8. The first kappa shape index (κ1) is 26.9. The molecule has 2 aliphatic rings. The molecule has 1 aliphatic heterocycles. The van der Waals surface area contributed by atoms with Crippen LogP contribution in [0.25, 0.3) is 0 Å². The number of carbonyl (C=O) groups is 2. The molecule has 2 atom stereocenters. The third kappa shape index (κ3) is 4.64. The molecule has 0 spiro atoms. The normalized spacial score (nSPS) is 18.9. The molecule has 4 rings (SSSR count). The fraction of sp³-hybridized carbons (Fsp3) is 0.379. The molecule has 0 amide bonds. The van der Waals surface area contributed by atoms with Gasteiger partial charge < -0.3 is 33.7 Å². The molecule has 1 N–H and O–H groups in total. The van der Waals surface area contributed by atoms with Gasteiger partial charge in [0.1, 0.15) is 5.75 Å². The van der Waals surface area contributed by atoms with Gasteiger partial charge in [0.05, 0.1) is 54.1 Å². The molecule has 0 bridgehead atoms. The van der Waals surface area contributed by atoms with E-state index < -0.39 is 11.9 Å². The zero-order chi connectivity index (χ0) is 27.6. The van der Waals surface area contributed by atoms with Gasteiger partial charge in [-0.1, -0.05) is 6.07 Å². The number of nitrogens with one attached hydrogen (secondary N) is 1. The SMILES string of the molecule is COC(=O)C1=C(C)NC2=C(C(=O)C[C@@H](c3ccc(OC)c(OC)c3)C2)[C@H]1c1cc(OC)c(OC)cc1OC. The molecule has 1 heterocycles. The van der Waals surface area contributed by atoms with E-state index in [2.05, 4.69) is 5.32 Å². The Morgan fingerprint density at radius 2 is 1.39 bits per heavy atom. The van der Waals surface area contributed by atoms with Crippen LogP contribution >= 0.6 is 0 Å². The molecule has 0 saturated carbocycles. The smallest absolute Gasteiger partial charge is 0.336 e. The van der Waals surface area contributed by atoms with Gasteiger partial charge in [-0.3, -0.25) is 4.79 Å². The van der Waals surface area contributed by atoms with Crippen molar-refractivity contribution in [1.82, 2.24) is 5.32 Å². The Hall–Kier alpha value is -4.14. The van der Waals surface area contributed by atoms with Crippen LogP contribution in [0.4, 0.5) is 0 Å². The minimum Gasteiger partial charge on any atom is -0.496 e. The monoisotopic (exact) mass is 523 g/mol. The van der Waals surface area contributed by atoms with Crippen molar-refractivity contribution in [2.24, 2.45) is 0 Å². The largest absolute Gasteiger partial charge is 0.496 e. The number of carbonyl (C=O) groups excluding carboxylic acids is 2. The molecule has 202 valence electrons. The number of hydrogen-bond donors (Lipinski definition) is 1. The van der Waals surface area contributed by atoms with Crippen LogP contribution in [0.5, 0.6) is 28.7 Å². The summed E-state index contributed by atoms with van der Waals surface area (Å²) in [6, 6.07) is 9.14. The number of Topliss-reactive ketones (excluding diaryl/α,β-unsaturated/α-hetero) is 1. The van der Waals surface area contributed by atoms with E-state index in [0.717, 1.165) is 11.3 Å². The summed E-state index contributed by atoms with van der Waals surface area (Å²) in [6.07, 6.45) is 0.823. The third-order valence-electron chi connectivity index (χ3n) is 7.16. The standard InChI is InChI=1S/C29H33NO8/c1-15-26(29(32)38-7)27(18-13-24(36-5)25(37-6)14-22(18)34-3)28-19(30-15)10-17(11-20(28)31)16-8-9-21(33-2)23(12-16)35-4/h8-9,12-14,17,27,30H,10-11H2,1-7H3/t17-,27-/m0/s1. The van der Waals surface area contributed by atoms with Gasteiger partial charge in [-0.2, -0.15) is 0 Å². The Labute approximate surface area is 222 Å². The highest BCUT2D eigenvalue weighted by Crippen LogP contribution is 2.50. The number of allylic oxidation sites excluding steroid dienone is 3. The van der Waals surface area contributed by atoms with Crippen LogP contribution in [-0.2, 0) is 14.3 Å². The van der Waals surface area contributed by atoms with Crippen molar-refractivity contribution in [2.75, 3.05) is 42.7 Å². The fourth-order valence-corrected chi connectivity index (χ4v) is 5.35. The predicted octanol–water partition coefficient (Wildman–Crippen LogP) is 4.26. The Bertz CT molecular complexity index is 1330. The first-order valence-electron chi connectivity index (χ1n) is 12.2. The average Bonchev–Trinajstić information content (AvgIpc) is 2.94. The molecule has 38 heavy (non-hydrogen) atoms. The highest BCUT2D eigenvalue weighted by atomic mass is 16.5. The average molecular weight is 524 g/mol. The maximum atomic E-state index is 13.9. The molecule has 1 aliphatic carbocycles. The van der Waals surface area contributed by atoms with Crippen LogP contribution in [-0.4, -0.2) is 54.4 Å². The topological polar surface area (TPSA) is 102 Å². The van der Waals surface area contributed by atoms with Crippen molar-refractivity contribution in [3.8, 4) is 28.7 Å². The Balaban J connectivity index is 1.87. The van der Waals surface area contributed by atoms with Gasteiger partial charge in [0, 0.05) is 35.0 Å². The second-order valence-corrected chi connectivity index (χ2v) is 9.07. The van der Waals surface area contributed by atoms with Crippen LogP contribution in [0, 0.1) is 0 Å². The first-order chi connectivity index (χ1) is 18.3. The lowest BCUT2D eigenvalue weighted by Gasteiger charge is -2.37. The van der Waals surface area contributed by atoms with Gasteiger partial charge in [0.15, 0.2) is 28.8 Å². The van der Waals surface area contributed by atoms with E-state index in [1.165, 1.54) is 28.4 Å². The maximum Gasteiger partial charge on any atom is 0.336 e. The van der Waals surface area contributed by atoms with Crippen LogP contribution < -0.4 is 29.0 Å². The molecule has 2 aromatic rings. The van der Waals surface area contributed by atoms with Crippen molar-refractivity contribution >= 4 is 11.8 Å². The minimum absolute atomic E-state index is 0.0747. The van der Waals surface area contributed by atoms with Gasteiger partial charge >= 0.3 is 5.97 Å². The lowest BCUT2D eigenvalue weighted by atomic mass is 9.71. The quantitative estimate of drug-likeness (QED) is 0.509. The summed E-state index contributed by atoms with van der Waals surface area (Å²) >= 11 is 0. The van der Waals surface area contributed by atoms with Crippen LogP contribution in [0.1, 0.15) is 42.7 Å². The van der Waals surface area contributed by atoms with Gasteiger partial charge in [-0.25, -0.2) is 4.79 Å². The molecule has 0 saturated heterocycles. The van der Waals surface area contributed by atoms with Crippen LogP contribution in [0.15, 0.2) is 52.9 Å². The fourth-order valence-electron chi connectivity index (χ4n) is 5.35. The molecule has 9 heteroatoms. The summed E-state index contributed by atoms with van der Waals surface area (Å²) in [6.45, 7) is 1.81. The number of esters is 1. The Morgan fingerprint density at radius 1 is 0.789 bits per heavy atom. The molecule has 0 unspecified atom stereocenters. The van der Waals surface area contributed by atoms with Crippen molar-refractivity contribution < 1.29 is 38.0 Å². The van der Waals surface area contributed by atoms with Crippen molar-refractivity contribution in [3.05, 3.63) is 64.0 Å². The third-order valence-corrected chi connectivity index (χ3v) is 7.16. The molecule has 0 aromatic heterocycles. The number of hydrogen-bond acceptors (Lipinski definition) is 9. The summed E-state index contributed by atoms with van der Waals surface area (Å²) in [5.74, 6) is 1.21. The lowest BCUT2D eigenvalue weighted by molar-refractivity contribution is -0.136. The summed E-state index contributed by atoms with van der Waals surface area (Å²) in [5, 5.41) is 3.34. The van der Waals surface area contributed by atoms with Gasteiger partial charge in [-0.15, -0.1) is 0 Å².